The molecule has 2 N–H and O–H groups in total. The SMILES string of the molecule is CC(C)(C)O/N=C/c1cc(/C=C/C(=O)O)ccc1-c1ccc(O)c(C23CC4CC(CC(C4)C2)C3)c1. The third kappa shape index (κ3) is 5.00. The quantitative estimate of drug-likeness (QED) is 0.275. The highest BCUT2D eigenvalue weighted by atomic mass is 16.6. The van der Waals surface area contributed by atoms with Gasteiger partial charge in [0.05, 0.1) is 6.21 Å². The van der Waals surface area contributed by atoms with Crippen molar-refractivity contribution in [2.24, 2.45) is 22.9 Å². The van der Waals surface area contributed by atoms with Gasteiger partial charge in [0.15, 0.2) is 0 Å². The van der Waals surface area contributed by atoms with Crippen LogP contribution in [0.3, 0.4) is 0 Å². The van der Waals surface area contributed by atoms with Crippen LogP contribution in [0.15, 0.2) is 47.6 Å². The standard InChI is InChI=1S/C30H35NO4/c1-29(2,3)35-31-18-24-13-19(5-9-28(33)34)4-7-25(24)23-6-8-27(32)26(14-23)30-15-20-10-21(16-30)12-22(11-20)17-30/h4-9,13-14,18,20-22,32H,10-12,15-17H2,1-3H3,(H,33,34)/b9-5+,31-18+. The maximum Gasteiger partial charge on any atom is 0.328 e. The van der Waals surface area contributed by atoms with E-state index >= 15 is 0 Å². The van der Waals surface area contributed by atoms with Crippen LogP contribution in [-0.4, -0.2) is 28.0 Å². The molecule has 0 aliphatic heterocycles. The van der Waals surface area contributed by atoms with E-state index in [0.717, 1.165) is 51.6 Å². The summed E-state index contributed by atoms with van der Waals surface area (Å²) in [6.07, 6.45) is 12.0. The van der Waals surface area contributed by atoms with Crippen LogP contribution in [-0.2, 0) is 15.0 Å². The lowest BCUT2D eigenvalue weighted by Crippen LogP contribution is -2.48. The molecule has 0 atom stereocenters. The van der Waals surface area contributed by atoms with Gasteiger partial charge in [0.1, 0.15) is 11.4 Å². The summed E-state index contributed by atoms with van der Waals surface area (Å²) in [6.45, 7) is 5.82. The second-order valence-corrected chi connectivity index (χ2v) is 11.9. The number of phenolic OH excluding ortho intramolecular Hbond substituents is 1. The Bertz CT molecular complexity index is 1150. The number of nitrogens with zero attached hydrogens (tertiary/aromatic N) is 1. The van der Waals surface area contributed by atoms with E-state index in [1.807, 2.05) is 51.1 Å². The summed E-state index contributed by atoms with van der Waals surface area (Å²) in [5, 5.41) is 24.2. The van der Waals surface area contributed by atoms with Crippen molar-refractivity contribution in [1.82, 2.24) is 0 Å². The number of phenols is 1. The normalized spacial score (nSPS) is 27.7. The van der Waals surface area contributed by atoms with Gasteiger partial charge in [0, 0.05) is 17.2 Å². The number of oxime groups is 1. The average Bonchev–Trinajstić information content (AvgIpc) is 2.76. The second kappa shape index (κ2) is 8.85. The lowest BCUT2D eigenvalue weighted by atomic mass is 9.48. The van der Waals surface area contributed by atoms with Crippen LogP contribution < -0.4 is 0 Å². The van der Waals surface area contributed by atoms with Crippen LogP contribution in [0.4, 0.5) is 0 Å². The van der Waals surface area contributed by atoms with Crippen LogP contribution in [0.2, 0.25) is 0 Å². The smallest absolute Gasteiger partial charge is 0.328 e. The second-order valence-electron chi connectivity index (χ2n) is 11.9. The molecule has 4 fully saturated rings. The number of aliphatic carboxylic acids is 1. The van der Waals surface area contributed by atoms with Crippen molar-refractivity contribution < 1.29 is 19.8 Å². The van der Waals surface area contributed by atoms with Crippen LogP contribution in [0.1, 0.15) is 76.0 Å². The Kier molecular flexibility index (Phi) is 5.98. The van der Waals surface area contributed by atoms with Crippen molar-refractivity contribution in [3.63, 3.8) is 0 Å². The zero-order valence-corrected chi connectivity index (χ0v) is 20.8. The zero-order chi connectivity index (χ0) is 24.8. The Hall–Kier alpha value is -3.08. The average molecular weight is 474 g/mol. The fraction of sp³-hybridized carbons (Fsp3) is 0.467. The minimum Gasteiger partial charge on any atom is -0.508 e. The molecule has 0 saturated heterocycles. The molecule has 2 aromatic rings. The number of carboxylic acid groups (broad SMARTS) is 1. The summed E-state index contributed by atoms with van der Waals surface area (Å²) < 4.78 is 0. The fourth-order valence-electron chi connectivity index (χ4n) is 7.03. The monoisotopic (exact) mass is 473 g/mol. The van der Waals surface area contributed by atoms with E-state index in [1.165, 1.54) is 38.5 Å². The zero-order valence-electron chi connectivity index (χ0n) is 20.8. The van der Waals surface area contributed by atoms with Gasteiger partial charge in [-0.3, -0.25) is 0 Å². The fourth-order valence-corrected chi connectivity index (χ4v) is 7.03. The van der Waals surface area contributed by atoms with Gasteiger partial charge in [-0.1, -0.05) is 23.4 Å². The van der Waals surface area contributed by atoms with Gasteiger partial charge in [-0.05, 0) is 123 Å². The number of carboxylic acids is 1. The van der Waals surface area contributed by atoms with E-state index in [2.05, 4.69) is 11.2 Å². The summed E-state index contributed by atoms with van der Waals surface area (Å²) in [5.41, 5.74) is 4.38. The first-order chi connectivity index (χ1) is 16.6. The van der Waals surface area contributed by atoms with E-state index < -0.39 is 11.6 Å². The molecule has 4 bridgehead atoms. The van der Waals surface area contributed by atoms with Crippen molar-refractivity contribution in [1.29, 1.82) is 0 Å². The number of hydrogen-bond acceptors (Lipinski definition) is 4. The molecule has 4 aliphatic carbocycles. The number of benzene rings is 2. The molecular weight excluding hydrogens is 438 g/mol. The number of aromatic hydroxyl groups is 1. The lowest BCUT2D eigenvalue weighted by molar-refractivity contribution is -0.131. The minimum absolute atomic E-state index is 0.0859. The first-order valence-electron chi connectivity index (χ1n) is 12.7. The summed E-state index contributed by atoms with van der Waals surface area (Å²) in [5.74, 6) is 1.80. The Morgan fingerprint density at radius 2 is 1.69 bits per heavy atom. The van der Waals surface area contributed by atoms with Crippen molar-refractivity contribution in [2.75, 3.05) is 0 Å². The van der Waals surface area contributed by atoms with Gasteiger partial charge in [-0.2, -0.15) is 0 Å². The van der Waals surface area contributed by atoms with E-state index in [1.54, 1.807) is 12.3 Å². The molecule has 4 aliphatic rings. The topological polar surface area (TPSA) is 79.1 Å². The molecule has 0 aromatic heterocycles. The third-order valence-electron chi connectivity index (χ3n) is 7.93. The Morgan fingerprint density at radius 3 is 2.29 bits per heavy atom. The number of hydrogen-bond donors (Lipinski definition) is 2. The van der Waals surface area contributed by atoms with E-state index in [-0.39, 0.29) is 5.41 Å². The predicted molar refractivity (Wildman–Crippen MR) is 138 cm³/mol. The molecule has 4 saturated carbocycles. The van der Waals surface area contributed by atoms with Gasteiger partial charge in [0.2, 0.25) is 0 Å². The number of carbonyl (C=O) groups is 1. The van der Waals surface area contributed by atoms with Crippen molar-refractivity contribution >= 4 is 18.3 Å². The molecule has 35 heavy (non-hydrogen) atoms. The van der Waals surface area contributed by atoms with Crippen LogP contribution in [0, 0.1) is 17.8 Å². The van der Waals surface area contributed by atoms with Gasteiger partial charge in [-0.15, -0.1) is 0 Å². The third-order valence-corrected chi connectivity index (χ3v) is 7.93. The van der Waals surface area contributed by atoms with Gasteiger partial charge >= 0.3 is 5.97 Å². The van der Waals surface area contributed by atoms with Gasteiger partial charge in [0.25, 0.3) is 0 Å². The minimum atomic E-state index is -0.987. The summed E-state index contributed by atoms with van der Waals surface area (Å²) in [4.78, 5) is 16.6. The Morgan fingerprint density at radius 1 is 1.03 bits per heavy atom. The molecule has 5 heteroatoms. The predicted octanol–water partition coefficient (Wildman–Crippen LogP) is 6.77. The number of rotatable bonds is 6. The Balaban J connectivity index is 1.54. The lowest BCUT2D eigenvalue weighted by Gasteiger charge is -2.57. The Labute approximate surface area is 207 Å². The molecule has 0 spiro atoms. The molecular formula is C30H35NO4. The molecule has 0 heterocycles. The summed E-state index contributed by atoms with van der Waals surface area (Å²) in [6, 6.07) is 11.8. The van der Waals surface area contributed by atoms with Crippen molar-refractivity contribution in [3.05, 3.63) is 59.2 Å². The molecule has 0 unspecified atom stereocenters. The van der Waals surface area contributed by atoms with Crippen molar-refractivity contribution in [3.8, 4) is 16.9 Å². The van der Waals surface area contributed by atoms with E-state index in [9.17, 15) is 9.90 Å². The first-order valence-corrected chi connectivity index (χ1v) is 12.7. The molecule has 2 aromatic carbocycles. The highest BCUT2D eigenvalue weighted by molar-refractivity contribution is 5.92. The maximum atomic E-state index is 11.0. The molecule has 0 radical (unpaired) electrons. The maximum absolute atomic E-state index is 11.0. The van der Waals surface area contributed by atoms with Gasteiger partial charge in [-0.25, -0.2) is 4.79 Å². The first kappa shape index (κ1) is 23.7. The summed E-state index contributed by atoms with van der Waals surface area (Å²) in [7, 11) is 0. The highest BCUT2D eigenvalue weighted by Gasteiger charge is 2.52. The highest BCUT2D eigenvalue weighted by Crippen LogP contribution is 2.62. The molecule has 5 nitrogen and oxygen atoms in total. The van der Waals surface area contributed by atoms with Crippen LogP contribution in [0.5, 0.6) is 5.75 Å². The summed E-state index contributed by atoms with van der Waals surface area (Å²) >= 11 is 0. The molecule has 184 valence electrons. The largest absolute Gasteiger partial charge is 0.508 e. The van der Waals surface area contributed by atoms with Crippen molar-refractivity contribution in [2.45, 2.75) is 70.3 Å². The molecule has 6 rings (SSSR count). The van der Waals surface area contributed by atoms with Crippen LogP contribution >= 0.6 is 0 Å². The van der Waals surface area contributed by atoms with E-state index in [0.29, 0.717) is 5.75 Å². The van der Waals surface area contributed by atoms with E-state index in [4.69, 9.17) is 9.94 Å². The van der Waals surface area contributed by atoms with Gasteiger partial charge < -0.3 is 15.1 Å². The van der Waals surface area contributed by atoms with Crippen LogP contribution in [0.25, 0.3) is 17.2 Å². The molecule has 0 amide bonds.